The van der Waals surface area contributed by atoms with Gasteiger partial charge in [-0.05, 0) is 11.8 Å². The fraction of sp³-hybridized carbons (Fsp3) is 1.00. The lowest BCUT2D eigenvalue weighted by Gasteiger charge is -2.31. The molecule has 0 radical (unpaired) electrons. The largest absolute Gasteiger partial charge is 0.394 e. The Kier molecular flexibility index (Phi) is 6.43. The van der Waals surface area contributed by atoms with Crippen LogP contribution in [0.15, 0.2) is 0 Å². The Bertz CT molecular complexity index is 195. The highest BCUT2D eigenvalue weighted by molar-refractivity contribution is 4.83. The SMILES string of the molecule is CCC(C)(C)CC(O)C(O)C(O)C(O)CO. The second-order valence-corrected chi connectivity index (χ2v) is 5.02. The van der Waals surface area contributed by atoms with Crippen LogP contribution in [-0.2, 0) is 0 Å². The second-order valence-electron chi connectivity index (χ2n) is 5.02. The van der Waals surface area contributed by atoms with Crippen molar-refractivity contribution in [3.05, 3.63) is 0 Å². The molecule has 0 amide bonds. The zero-order valence-corrected chi connectivity index (χ0v) is 10.2. The number of hydrogen-bond acceptors (Lipinski definition) is 5. The van der Waals surface area contributed by atoms with Crippen LogP contribution in [0.2, 0.25) is 0 Å². The minimum Gasteiger partial charge on any atom is -0.394 e. The maximum Gasteiger partial charge on any atom is 0.110 e. The average molecular weight is 236 g/mol. The predicted molar refractivity (Wildman–Crippen MR) is 59.8 cm³/mol. The summed E-state index contributed by atoms with van der Waals surface area (Å²) in [6.45, 7) is 5.20. The first kappa shape index (κ1) is 15.8. The lowest BCUT2D eigenvalue weighted by atomic mass is 9.82. The Morgan fingerprint density at radius 2 is 1.38 bits per heavy atom. The van der Waals surface area contributed by atoms with Gasteiger partial charge < -0.3 is 25.5 Å². The van der Waals surface area contributed by atoms with E-state index >= 15 is 0 Å². The van der Waals surface area contributed by atoms with E-state index in [1.165, 1.54) is 0 Å². The Balaban J connectivity index is 4.33. The Labute approximate surface area is 96.4 Å². The smallest absolute Gasteiger partial charge is 0.110 e. The Morgan fingerprint density at radius 3 is 1.75 bits per heavy atom. The van der Waals surface area contributed by atoms with Gasteiger partial charge in [0.25, 0.3) is 0 Å². The van der Waals surface area contributed by atoms with Crippen LogP contribution in [0.3, 0.4) is 0 Å². The minimum atomic E-state index is -1.53. The maximum absolute atomic E-state index is 9.70. The molecule has 5 nitrogen and oxygen atoms in total. The van der Waals surface area contributed by atoms with E-state index in [0.717, 1.165) is 6.42 Å². The summed E-state index contributed by atoms with van der Waals surface area (Å²) >= 11 is 0. The van der Waals surface area contributed by atoms with E-state index in [2.05, 4.69) is 0 Å². The molecule has 0 bridgehead atoms. The van der Waals surface area contributed by atoms with Gasteiger partial charge in [0.15, 0.2) is 0 Å². The van der Waals surface area contributed by atoms with Crippen molar-refractivity contribution in [3.63, 3.8) is 0 Å². The zero-order chi connectivity index (χ0) is 12.9. The van der Waals surface area contributed by atoms with Gasteiger partial charge in [-0.2, -0.15) is 0 Å². The fourth-order valence-electron chi connectivity index (χ4n) is 1.39. The molecule has 0 aliphatic heterocycles. The summed E-state index contributed by atoms with van der Waals surface area (Å²) in [7, 11) is 0. The number of hydrogen-bond donors (Lipinski definition) is 5. The molecule has 16 heavy (non-hydrogen) atoms. The van der Waals surface area contributed by atoms with Crippen molar-refractivity contribution in [2.24, 2.45) is 5.41 Å². The quantitative estimate of drug-likeness (QED) is 0.400. The third-order valence-corrected chi connectivity index (χ3v) is 3.04. The molecule has 0 aliphatic rings. The molecule has 0 spiro atoms. The molecule has 4 unspecified atom stereocenters. The first-order valence-electron chi connectivity index (χ1n) is 5.58. The molecule has 0 aromatic heterocycles. The summed E-state index contributed by atoms with van der Waals surface area (Å²) in [6.07, 6.45) is -4.39. The van der Waals surface area contributed by atoms with E-state index in [0.29, 0.717) is 6.42 Å². The summed E-state index contributed by atoms with van der Waals surface area (Å²) in [5.74, 6) is 0. The van der Waals surface area contributed by atoms with Gasteiger partial charge in [-0.15, -0.1) is 0 Å². The van der Waals surface area contributed by atoms with Crippen LogP contribution >= 0.6 is 0 Å². The summed E-state index contributed by atoms with van der Waals surface area (Å²) in [4.78, 5) is 0. The van der Waals surface area contributed by atoms with Crippen LogP contribution in [-0.4, -0.2) is 56.6 Å². The lowest BCUT2D eigenvalue weighted by molar-refractivity contribution is -0.121. The summed E-state index contributed by atoms with van der Waals surface area (Å²) in [6, 6.07) is 0. The van der Waals surface area contributed by atoms with Crippen molar-refractivity contribution >= 4 is 0 Å². The summed E-state index contributed by atoms with van der Waals surface area (Å²) in [5, 5.41) is 46.4. The molecular weight excluding hydrogens is 212 g/mol. The van der Waals surface area contributed by atoms with Gasteiger partial charge in [-0.25, -0.2) is 0 Å². The van der Waals surface area contributed by atoms with Crippen LogP contribution < -0.4 is 0 Å². The van der Waals surface area contributed by atoms with Gasteiger partial charge in [0.2, 0.25) is 0 Å². The zero-order valence-electron chi connectivity index (χ0n) is 10.2. The molecular formula is C11H24O5. The highest BCUT2D eigenvalue weighted by Crippen LogP contribution is 2.27. The molecule has 0 saturated carbocycles. The third kappa shape index (κ3) is 4.76. The molecule has 0 aliphatic carbocycles. The minimum absolute atomic E-state index is 0.149. The molecule has 0 fully saturated rings. The van der Waals surface area contributed by atoms with E-state index in [4.69, 9.17) is 10.2 Å². The van der Waals surface area contributed by atoms with Crippen LogP contribution in [0.4, 0.5) is 0 Å². The van der Waals surface area contributed by atoms with Crippen molar-refractivity contribution < 1.29 is 25.5 Å². The van der Waals surface area contributed by atoms with Gasteiger partial charge in [0, 0.05) is 0 Å². The molecule has 0 aromatic carbocycles. The van der Waals surface area contributed by atoms with E-state index < -0.39 is 31.0 Å². The van der Waals surface area contributed by atoms with E-state index in [9.17, 15) is 15.3 Å². The molecule has 0 heterocycles. The normalized spacial score (nSPS) is 20.2. The monoisotopic (exact) mass is 236 g/mol. The number of aliphatic hydroxyl groups excluding tert-OH is 5. The summed E-state index contributed by atoms with van der Waals surface area (Å²) in [5.41, 5.74) is -0.149. The maximum atomic E-state index is 9.70. The molecule has 5 N–H and O–H groups in total. The third-order valence-electron chi connectivity index (χ3n) is 3.04. The molecule has 0 rings (SSSR count). The van der Waals surface area contributed by atoms with Crippen molar-refractivity contribution in [2.75, 3.05) is 6.61 Å². The van der Waals surface area contributed by atoms with Crippen molar-refractivity contribution in [3.8, 4) is 0 Å². The second kappa shape index (κ2) is 6.51. The molecule has 98 valence electrons. The standard InChI is InChI=1S/C11H24O5/c1-4-11(2,3)5-7(13)9(15)10(16)8(14)6-12/h7-10,12-16H,4-6H2,1-3H3. The highest BCUT2D eigenvalue weighted by Gasteiger charge is 2.32. The van der Waals surface area contributed by atoms with Gasteiger partial charge in [0.05, 0.1) is 12.7 Å². The lowest BCUT2D eigenvalue weighted by Crippen LogP contribution is -2.46. The van der Waals surface area contributed by atoms with Gasteiger partial charge in [-0.1, -0.05) is 27.2 Å². The van der Waals surface area contributed by atoms with Gasteiger partial charge in [0.1, 0.15) is 18.3 Å². The molecule has 0 saturated heterocycles. The van der Waals surface area contributed by atoms with E-state index in [1.54, 1.807) is 0 Å². The number of aliphatic hydroxyl groups is 5. The topological polar surface area (TPSA) is 101 Å². The molecule has 4 atom stereocenters. The van der Waals surface area contributed by atoms with Gasteiger partial charge in [-0.3, -0.25) is 0 Å². The van der Waals surface area contributed by atoms with Crippen LogP contribution in [0.25, 0.3) is 0 Å². The molecule has 5 heteroatoms. The number of rotatable bonds is 7. The van der Waals surface area contributed by atoms with Crippen molar-refractivity contribution in [1.29, 1.82) is 0 Å². The van der Waals surface area contributed by atoms with Crippen molar-refractivity contribution in [1.82, 2.24) is 0 Å². The van der Waals surface area contributed by atoms with E-state index in [1.807, 2.05) is 20.8 Å². The van der Waals surface area contributed by atoms with E-state index in [-0.39, 0.29) is 5.41 Å². The van der Waals surface area contributed by atoms with Crippen LogP contribution in [0.5, 0.6) is 0 Å². The highest BCUT2D eigenvalue weighted by atomic mass is 16.4. The van der Waals surface area contributed by atoms with Gasteiger partial charge >= 0.3 is 0 Å². The predicted octanol–water partition coefficient (Wildman–Crippen LogP) is -0.751. The van der Waals surface area contributed by atoms with Crippen molar-refractivity contribution in [2.45, 2.75) is 58.0 Å². The average Bonchev–Trinajstić information content (AvgIpc) is 2.25. The Hall–Kier alpha value is -0.200. The summed E-state index contributed by atoms with van der Waals surface area (Å²) < 4.78 is 0. The van der Waals surface area contributed by atoms with Crippen LogP contribution in [0, 0.1) is 5.41 Å². The van der Waals surface area contributed by atoms with Crippen LogP contribution in [0.1, 0.15) is 33.6 Å². The Morgan fingerprint density at radius 1 is 0.938 bits per heavy atom. The first-order valence-corrected chi connectivity index (χ1v) is 5.58. The fourth-order valence-corrected chi connectivity index (χ4v) is 1.39. The molecule has 0 aromatic rings. The first-order chi connectivity index (χ1) is 7.25.